The van der Waals surface area contributed by atoms with E-state index in [1.807, 2.05) is 0 Å². The van der Waals surface area contributed by atoms with Crippen LogP contribution in [0, 0.1) is 5.82 Å². The number of ketones is 1. The number of amides is 1. The van der Waals surface area contributed by atoms with Gasteiger partial charge in [0.2, 0.25) is 0 Å². The number of carbonyl (C=O) groups excluding carboxylic acids is 1. The summed E-state index contributed by atoms with van der Waals surface area (Å²) in [6.45, 7) is 2.87. The summed E-state index contributed by atoms with van der Waals surface area (Å²) in [5, 5.41) is 10.6. The normalized spacial score (nSPS) is 11.9. The number of carboxylic acid groups (broad SMARTS) is 1. The summed E-state index contributed by atoms with van der Waals surface area (Å²) in [6.07, 6.45) is -1.22. The summed E-state index contributed by atoms with van der Waals surface area (Å²) >= 11 is 0. The van der Waals surface area contributed by atoms with Crippen LogP contribution < -0.4 is 5.32 Å². The molecule has 86 valence electrons. The van der Waals surface area contributed by atoms with Crippen LogP contribution in [0.4, 0.5) is 9.18 Å². The van der Waals surface area contributed by atoms with Gasteiger partial charge in [0.25, 0.3) is 0 Å². The van der Waals surface area contributed by atoms with Gasteiger partial charge in [0.05, 0.1) is 6.04 Å². The molecule has 1 atom stereocenters. The Morgan fingerprint density at radius 1 is 1.44 bits per heavy atom. The van der Waals surface area contributed by atoms with Crippen molar-refractivity contribution in [3.8, 4) is 0 Å². The van der Waals surface area contributed by atoms with Gasteiger partial charge < -0.3 is 10.4 Å². The van der Waals surface area contributed by atoms with Crippen molar-refractivity contribution in [2.75, 3.05) is 0 Å². The number of nitrogens with one attached hydrogen (secondary N) is 1. The van der Waals surface area contributed by atoms with E-state index in [4.69, 9.17) is 5.11 Å². The lowest BCUT2D eigenvalue weighted by molar-refractivity contribution is 0.101. The highest BCUT2D eigenvalue weighted by molar-refractivity contribution is 5.94. The summed E-state index contributed by atoms with van der Waals surface area (Å²) < 4.78 is 13.5. The van der Waals surface area contributed by atoms with Gasteiger partial charge in [0.1, 0.15) is 5.82 Å². The van der Waals surface area contributed by atoms with Gasteiger partial charge >= 0.3 is 6.09 Å². The first kappa shape index (κ1) is 12.2. The van der Waals surface area contributed by atoms with E-state index in [0.717, 1.165) is 6.07 Å². The Labute approximate surface area is 92.1 Å². The number of rotatable bonds is 3. The number of benzene rings is 1. The highest BCUT2D eigenvalue weighted by Crippen LogP contribution is 2.18. The SMILES string of the molecule is CC(=O)c1ccc(C(C)NC(=O)O)c(F)c1. The first-order valence-electron chi connectivity index (χ1n) is 4.71. The molecule has 0 saturated carbocycles. The molecular formula is C11H12FNO3. The van der Waals surface area contributed by atoms with Crippen molar-refractivity contribution in [3.05, 3.63) is 35.1 Å². The molecule has 2 N–H and O–H groups in total. The molecule has 1 amide bonds. The highest BCUT2D eigenvalue weighted by atomic mass is 19.1. The predicted octanol–water partition coefficient (Wildman–Crippen LogP) is 2.36. The number of Topliss-reactive ketones (excluding diaryl/α,β-unsaturated/α-hetero) is 1. The molecule has 0 aliphatic rings. The number of carbonyl (C=O) groups is 2. The zero-order chi connectivity index (χ0) is 12.3. The lowest BCUT2D eigenvalue weighted by Crippen LogP contribution is -2.25. The van der Waals surface area contributed by atoms with Crippen molar-refractivity contribution >= 4 is 11.9 Å². The molecule has 1 aromatic carbocycles. The molecule has 1 aromatic rings. The Morgan fingerprint density at radius 3 is 2.50 bits per heavy atom. The number of halogens is 1. The molecule has 0 aromatic heterocycles. The van der Waals surface area contributed by atoms with Gasteiger partial charge in [-0.15, -0.1) is 0 Å². The van der Waals surface area contributed by atoms with E-state index >= 15 is 0 Å². The average Bonchev–Trinajstić information content (AvgIpc) is 2.15. The molecule has 0 bridgehead atoms. The maximum Gasteiger partial charge on any atom is 0.405 e. The van der Waals surface area contributed by atoms with Gasteiger partial charge in [-0.05, 0) is 19.9 Å². The molecule has 1 unspecified atom stereocenters. The van der Waals surface area contributed by atoms with Crippen LogP contribution in [-0.2, 0) is 0 Å². The standard InChI is InChI=1S/C11H12FNO3/c1-6(13-11(15)16)9-4-3-8(7(2)14)5-10(9)12/h3-6,13H,1-2H3,(H,15,16). The van der Waals surface area contributed by atoms with Crippen LogP contribution in [0.15, 0.2) is 18.2 Å². The molecule has 0 fully saturated rings. The van der Waals surface area contributed by atoms with Crippen molar-refractivity contribution in [1.29, 1.82) is 0 Å². The minimum absolute atomic E-state index is 0.215. The molecule has 16 heavy (non-hydrogen) atoms. The van der Waals surface area contributed by atoms with Crippen LogP contribution in [0.1, 0.15) is 35.8 Å². The first-order valence-corrected chi connectivity index (χ1v) is 4.71. The van der Waals surface area contributed by atoms with E-state index < -0.39 is 18.0 Å². The summed E-state index contributed by atoms with van der Waals surface area (Å²) in [7, 11) is 0. The number of hydrogen-bond acceptors (Lipinski definition) is 2. The quantitative estimate of drug-likeness (QED) is 0.776. The van der Waals surface area contributed by atoms with Gasteiger partial charge in [-0.25, -0.2) is 9.18 Å². The summed E-state index contributed by atoms with van der Waals surface area (Å²) in [4.78, 5) is 21.4. The van der Waals surface area contributed by atoms with Gasteiger partial charge in [0.15, 0.2) is 5.78 Å². The van der Waals surface area contributed by atoms with Gasteiger partial charge in [-0.1, -0.05) is 12.1 Å². The molecule has 1 rings (SSSR count). The maximum absolute atomic E-state index is 13.5. The zero-order valence-electron chi connectivity index (χ0n) is 8.95. The molecule has 0 aliphatic heterocycles. The van der Waals surface area contributed by atoms with E-state index in [1.54, 1.807) is 0 Å². The largest absolute Gasteiger partial charge is 0.465 e. The molecule has 0 heterocycles. The van der Waals surface area contributed by atoms with E-state index in [-0.39, 0.29) is 16.9 Å². The smallest absolute Gasteiger partial charge is 0.405 e. The number of hydrogen-bond donors (Lipinski definition) is 2. The molecule has 5 heteroatoms. The highest BCUT2D eigenvalue weighted by Gasteiger charge is 2.14. The van der Waals surface area contributed by atoms with Gasteiger partial charge in [0, 0.05) is 11.1 Å². The molecular weight excluding hydrogens is 213 g/mol. The second-order valence-corrected chi connectivity index (χ2v) is 3.46. The lowest BCUT2D eigenvalue weighted by atomic mass is 10.0. The fourth-order valence-electron chi connectivity index (χ4n) is 1.36. The third-order valence-electron chi connectivity index (χ3n) is 2.21. The lowest BCUT2D eigenvalue weighted by Gasteiger charge is -2.13. The minimum atomic E-state index is -1.22. The second kappa shape index (κ2) is 4.74. The predicted molar refractivity (Wildman–Crippen MR) is 56.0 cm³/mol. The fourth-order valence-corrected chi connectivity index (χ4v) is 1.36. The van der Waals surface area contributed by atoms with Gasteiger partial charge in [-0.2, -0.15) is 0 Å². The Balaban J connectivity index is 2.98. The molecule has 0 spiro atoms. The Bertz CT molecular complexity index is 431. The molecule has 0 saturated heterocycles. The third kappa shape index (κ3) is 2.79. The van der Waals surface area contributed by atoms with Crippen molar-refractivity contribution in [1.82, 2.24) is 5.32 Å². The van der Waals surface area contributed by atoms with E-state index in [1.165, 1.54) is 26.0 Å². The van der Waals surface area contributed by atoms with Crippen LogP contribution in [0.2, 0.25) is 0 Å². The average molecular weight is 225 g/mol. The summed E-state index contributed by atoms with van der Waals surface area (Å²) in [5.74, 6) is -0.821. The van der Waals surface area contributed by atoms with E-state index in [0.29, 0.717) is 0 Å². The maximum atomic E-state index is 13.5. The van der Waals surface area contributed by atoms with Crippen LogP contribution in [0.3, 0.4) is 0 Å². The van der Waals surface area contributed by atoms with Crippen LogP contribution >= 0.6 is 0 Å². The van der Waals surface area contributed by atoms with Crippen molar-refractivity contribution < 1.29 is 19.1 Å². The summed E-state index contributed by atoms with van der Waals surface area (Å²) in [6, 6.07) is 3.34. The van der Waals surface area contributed by atoms with Crippen LogP contribution in [0.5, 0.6) is 0 Å². The van der Waals surface area contributed by atoms with Crippen LogP contribution in [0.25, 0.3) is 0 Å². The summed E-state index contributed by atoms with van der Waals surface area (Å²) in [5.41, 5.74) is 0.483. The Morgan fingerprint density at radius 2 is 2.06 bits per heavy atom. The van der Waals surface area contributed by atoms with Crippen LogP contribution in [-0.4, -0.2) is 17.0 Å². The minimum Gasteiger partial charge on any atom is -0.465 e. The molecule has 0 aliphatic carbocycles. The van der Waals surface area contributed by atoms with Crippen molar-refractivity contribution in [2.24, 2.45) is 0 Å². The fraction of sp³-hybridized carbons (Fsp3) is 0.273. The monoisotopic (exact) mass is 225 g/mol. The zero-order valence-corrected chi connectivity index (χ0v) is 8.95. The van der Waals surface area contributed by atoms with Crippen molar-refractivity contribution in [3.63, 3.8) is 0 Å². The molecule has 0 radical (unpaired) electrons. The second-order valence-electron chi connectivity index (χ2n) is 3.46. The van der Waals surface area contributed by atoms with Gasteiger partial charge in [-0.3, -0.25) is 4.79 Å². The topological polar surface area (TPSA) is 66.4 Å². The van der Waals surface area contributed by atoms with Crippen molar-refractivity contribution in [2.45, 2.75) is 19.9 Å². The molecule has 4 nitrogen and oxygen atoms in total. The van der Waals surface area contributed by atoms with E-state index in [9.17, 15) is 14.0 Å². The third-order valence-corrected chi connectivity index (χ3v) is 2.21. The first-order chi connectivity index (χ1) is 7.41. The Hall–Kier alpha value is -1.91. The van der Waals surface area contributed by atoms with E-state index in [2.05, 4.69) is 5.32 Å². The Kier molecular flexibility index (Phi) is 3.60.